The van der Waals surface area contributed by atoms with Gasteiger partial charge in [0.25, 0.3) is 0 Å². The predicted octanol–water partition coefficient (Wildman–Crippen LogP) is 3.93. The molecule has 74 valence electrons. The van der Waals surface area contributed by atoms with E-state index in [1.165, 1.54) is 0 Å². The normalized spacial score (nSPS) is 18.5. The number of azide groups is 1. The Morgan fingerprint density at radius 2 is 2.33 bits per heavy atom. The third-order valence-electron chi connectivity index (χ3n) is 2.73. The maximum atomic E-state index is 8.45. The van der Waals surface area contributed by atoms with Crippen LogP contribution in [0.5, 0.6) is 0 Å². The number of hydrogen-bond acceptors (Lipinski definition) is 1. The van der Waals surface area contributed by atoms with Crippen LogP contribution in [0.4, 0.5) is 5.69 Å². The third-order valence-corrected chi connectivity index (χ3v) is 2.73. The van der Waals surface area contributed by atoms with E-state index in [1.54, 1.807) is 6.07 Å². The van der Waals surface area contributed by atoms with Crippen LogP contribution in [0.1, 0.15) is 30.0 Å². The Kier molecular flexibility index (Phi) is 2.57. The lowest BCUT2D eigenvalue weighted by atomic mass is 9.88. The van der Waals surface area contributed by atoms with Crippen LogP contribution >= 0.6 is 0 Å². The number of rotatable bonds is 1. The molecule has 0 radical (unpaired) electrons. The van der Waals surface area contributed by atoms with E-state index < -0.39 is 0 Å². The summed E-state index contributed by atoms with van der Waals surface area (Å²) in [6.45, 7) is 6.94. The number of hydrogen-bond donors (Lipinski definition) is 0. The highest BCUT2D eigenvalue weighted by Gasteiger charge is 2.18. The second kappa shape index (κ2) is 4.04. The minimum atomic E-state index is -0.0430. The van der Waals surface area contributed by atoms with Crippen molar-refractivity contribution in [2.45, 2.75) is 25.3 Å². The molecule has 2 rings (SSSR count). The first-order valence-electron chi connectivity index (χ1n) is 4.89. The van der Waals surface area contributed by atoms with Gasteiger partial charge in [0.2, 0.25) is 0 Å². The molecule has 0 N–H and O–H groups in total. The highest BCUT2D eigenvalue weighted by Crippen LogP contribution is 2.34. The highest BCUT2D eigenvalue weighted by atomic mass is 15.1. The van der Waals surface area contributed by atoms with Gasteiger partial charge in [-0.15, -0.1) is 0 Å². The van der Waals surface area contributed by atoms with E-state index in [4.69, 9.17) is 12.1 Å². The molecule has 0 aromatic heterocycles. The first kappa shape index (κ1) is 9.57. The molecule has 4 heteroatoms. The molecule has 0 aliphatic heterocycles. The van der Waals surface area contributed by atoms with Crippen LogP contribution in [0.2, 0.25) is 0 Å². The van der Waals surface area contributed by atoms with Gasteiger partial charge in [-0.05, 0) is 30.4 Å². The van der Waals surface area contributed by atoms with Gasteiger partial charge in [0.05, 0.1) is 12.6 Å². The van der Waals surface area contributed by atoms with Gasteiger partial charge in [-0.1, -0.05) is 28.9 Å². The van der Waals surface area contributed by atoms with Gasteiger partial charge in [-0.2, -0.15) is 0 Å². The summed E-state index contributed by atoms with van der Waals surface area (Å²) in [5.74, 6) is 0. The van der Waals surface area contributed by atoms with Gasteiger partial charge in [0, 0.05) is 4.91 Å². The molecule has 4 nitrogen and oxygen atoms in total. The maximum absolute atomic E-state index is 8.45. The van der Waals surface area contributed by atoms with E-state index in [-0.39, 0.29) is 6.04 Å². The summed E-state index contributed by atoms with van der Waals surface area (Å²) < 4.78 is 0. The van der Waals surface area contributed by atoms with E-state index >= 15 is 0 Å². The van der Waals surface area contributed by atoms with Gasteiger partial charge in [-0.3, -0.25) is 0 Å². The Balaban J connectivity index is 2.45. The van der Waals surface area contributed by atoms with Gasteiger partial charge >= 0.3 is 0 Å². The minimum Gasteiger partial charge on any atom is -0.238 e. The molecule has 15 heavy (non-hydrogen) atoms. The number of aryl methyl sites for hydroxylation is 1. The van der Waals surface area contributed by atoms with Crippen LogP contribution in [-0.4, -0.2) is 0 Å². The number of fused-ring (bicyclic) bond motifs is 1. The number of benzene rings is 1. The Hall–Kier alpha value is -1.98. The van der Waals surface area contributed by atoms with Crippen LogP contribution in [0, 0.1) is 6.57 Å². The summed E-state index contributed by atoms with van der Waals surface area (Å²) in [5, 5.41) is 3.78. The molecule has 1 aromatic rings. The van der Waals surface area contributed by atoms with Crippen molar-refractivity contribution < 1.29 is 0 Å². The van der Waals surface area contributed by atoms with Crippen molar-refractivity contribution in [1.82, 2.24) is 0 Å². The fraction of sp³-hybridized carbons (Fsp3) is 0.364. The summed E-state index contributed by atoms with van der Waals surface area (Å²) in [6, 6.07) is 5.57. The standard InChI is InChI=1S/C11H10N4/c1-13-9-5-6-10-8(7-9)3-2-4-11(10)14-15-12/h5-7,11H,2-4H2. The Labute approximate surface area is 88.0 Å². The van der Waals surface area contributed by atoms with Crippen molar-refractivity contribution in [1.29, 1.82) is 0 Å². The fourth-order valence-electron chi connectivity index (χ4n) is 2.03. The summed E-state index contributed by atoms with van der Waals surface area (Å²) in [5.41, 5.74) is 11.4. The van der Waals surface area contributed by atoms with Crippen molar-refractivity contribution in [3.05, 3.63) is 51.2 Å². The average molecular weight is 198 g/mol. The van der Waals surface area contributed by atoms with Crippen molar-refractivity contribution in [2.24, 2.45) is 5.11 Å². The molecular formula is C11H10N4. The summed E-state index contributed by atoms with van der Waals surface area (Å²) in [7, 11) is 0. The van der Waals surface area contributed by atoms with Crippen molar-refractivity contribution in [3.8, 4) is 0 Å². The Bertz CT molecular complexity index is 466. The largest absolute Gasteiger partial charge is 0.238 e. The molecule has 0 spiro atoms. The van der Waals surface area contributed by atoms with Crippen LogP contribution in [0.25, 0.3) is 15.3 Å². The predicted molar refractivity (Wildman–Crippen MR) is 57.5 cm³/mol. The molecule has 0 heterocycles. The van der Waals surface area contributed by atoms with E-state index in [2.05, 4.69) is 14.9 Å². The van der Waals surface area contributed by atoms with Crippen molar-refractivity contribution in [3.63, 3.8) is 0 Å². The van der Waals surface area contributed by atoms with Crippen molar-refractivity contribution >= 4 is 5.69 Å². The smallest absolute Gasteiger partial charge is 0.187 e. The van der Waals surface area contributed by atoms with E-state index in [0.717, 1.165) is 30.4 Å². The van der Waals surface area contributed by atoms with Gasteiger partial charge in [0.1, 0.15) is 0 Å². The third kappa shape index (κ3) is 1.78. The topological polar surface area (TPSA) is 53.1 Å². The van der Waals surface area contributed by atoms with E-state index in [9.17, 15) is 0 Å². The summed E-state index contributed by atoms with van der Waals surface area (Å²) in [4.78, 5) is 6.26. The van der Waals surface area contributed by atoms with Crippen molar-refractivity contribution in [2.75, 3.05) is 0 Å². The molecule has 0 amide bonds. The SMILES string of the molecule is [C-]#[N+]c1ccc2c(c1)CCCC2N=[N+]=[N-]. The van der Waals surface area contributed by atoms with Gasteiger partial charge < -0.3 is 0 Å². The monoisotopic (exact) mass is 198 g/mol. The molecule has 1 atom stereocenters. The first-order chi connectivity index (χ1) is 7.35. The molecular weight excluding hydrogens is 188 g/mol. The summed E-state index contributed by atoms with van der Waals surface area (Å²) >= 11 is 0. The maximum Gasteiger partial charge on any atom is 0.187 e. The van der Waals surface area contributed by atoms with Crippen LogP contribution in [-0.2, 0) is 6.42 Å². The average Bonchev–Trinajstić information content (AvgIpc) is 2.29. The molecule has 0 bridgehead atoms. The van der Waals surface area contributed by atoms with Crippen LogP contribution in [0.3, 0.4) is 0 Å². The fourth-order valence-corrected chi connectivity index (χ4v) is 2.03. The van der Waals surface area contributed by atoms with Gasteiger partial charge in [-0.25, -0.2) is 4.85 Å². The first-order valence-corrected chi connectivity index (χ1v) is 4.89. The molecule has 0 fully saturated rings. The zero-order valence-corrected chi connectivity index (χ0v) is 8.22. The van der Waals surface area contributed by atoms with E-state index in [1.807, 2.05) is 12.1 Å². The quantitative estimate of drug-likeness (QED) is 0.284. The summed E-state index contributed by atoms with van der Waals surface area (Å²) in [6.07, 6.45) is 2.92. The second-order valence-electron chi connectivity index (χ2n) is 3.61. The molecule has 1 aromatic carbocycles. The zero-order chi connectivity index (χ0) is 10.7. The highest BCUT2D eigenvalue weighted by molar-refractivity contribution is 5.50. The van der Waals surface area contributed by atoms with Crippen LogP contribution in [0.15, 0.2) is 23.3 Å². The van der Waals surface area contributed by atoms with Gasteiger partial charge in [0.15, 0.2) is 5.69 Å². The molecule has 1 unspecified atom stereocenters. The molecule has 0 saturated heterocycles. The minimum absolute atomic E-state index is 0.0430. The number of nitrogens with zero attached hydrogens (tertiary/aromatic N) is 4. The second-order valence-corrected chi connectivity index (χ2v) is 3.61. The molecule has 1 aliphatic carbocycles. The lowest BCUT2D eigenvalue weighted by Gasteiger charge is -2.21. The molecule has 1 aliphatic rings. The Morgan fingerprint density at radius 1 is 1.47 bits per heavy atom. The molecule has 0 saturated carbocycles. The Morgan fingerprint density at radius 3 is 3.07 bits per heavy atom. The lowest BCUT2D eigenvalue weighted by Crippen LogP contribution is -2.06. The van der Waals surface area contributed by atoms with E-state index in [0.29, 0.717) is 5.69 Å². The zero-order valence-electron chi connectivity index (χ0n) is 8.22. The lowest BCUT2D eigenvalue weighted by molar-refractivity contribution is 0.568. The van der Waals surface area contributed by atoms with Crippen LogP contribution < -0.4 is 0 Å².